The number of piperidine rings is 1. The molecule has 2 heterocycles. The van der Waals surface area contributed by atoms with Crippen LogP contribution in [0.5, 0.6) is 0 Å². The summed E-state index contributed by atoms with van der Waals surface area (Å²) in [6.07, 6.45) is 2.50. The lowest BCUT2D eigenvalue weighted by Crippen LogP contribution is -2.39. The van der Waals surface area contributed by atoms with Crippen molar-refractivity contribution in [2.75, 3.05) is 18.0 Å². The number of primary amides is 1. The summed E-state index contributed by atoms with van der Waals surface area (Å²) in [7, 11) is -3.84. The quantitative estimate of drug-likeness (QED) is 0.709. The van der Waals surface area contributed by atoms with Crippen LogP contribution in [-0.2, 0) is 14.6 Å². The molecule has 150 valence electrons. The van der Waals surface area contributed by atoms with E-state index in [1.165, 1.54) is 30.5 Å². The van der Waals surface area contributed by atoms with E-state index in [1.807, 2.05) is 4.90 Å². The molecule has 0 spiro atoms. The van der Waals surface area contributed by atoms with Crippen LogP contribution in [0.1, 0.15) is 12.8 Å². The fraction of sp³-hybridized carbons (Fsp3) is 0.238. The van der Waals surface area contributed by atoms with Crippen molar-refractivity contribution in [3.63, 3.8) is 0 Å². The van der Waals surface area contributed by atoms with Gasteiger partial charge < -0.3 is 10.6 Å². The molecule has 1 aliphatic heterocycles. The number of aromatic nitrogens is 1. The number of carbonyl (C=O) groups is 1. The summed E-state index contributed by atoms with van der Waals surface area (Å²) in [5, 5.41) is 0.486. The van der Waals surface area contributed by atoms with Gasteiger partial charge in [0.2, 0.25) is 21.3 Å². The molecule has 0 atom stereocenters. The molecular weight excluding hydrogens is 393 g/mol. The second-order valence-electron chi connectivity index (χ2n) is 7.17. The van der Waals surface area contributed by atoms with Gasteiger partial charge in [0, 0.05) is 25.1 Å². The summed E-state index contributed by atoms with van der Waals surface area (Å²) >= 11 is 0. The van der Waals surface area contributed by atoms with E-state index in [-0.39, 0.29) is 21.6 Å². The van der Waals surface area contributed by atoms with Crippen molar-refractivity contribution in [1.29, 1.82) is 0 Å². The Hall–Kier alpha value is -3.00. The fourth-order valence-corrected chi connectivity index (χ4v) is 5.30. The molecule has 2 aromatic carbocycles. The van der Waals surface area contributed by atoms with Gasteiger partial charge in [0.25, 0.3) is 0 Å². The molecule has 1 amide bonds. The molecule has 29 heavy (non-hydrogen) atoms. The Morgan fingerprint density at radius 2 is 1.79 bits per heavy atom. The molecular formula is C21H21FN3O3S+. The van der Waals surface area contributed by atoms with Crippen LogP contribution in [0.15, 0.2) is 64.5 Å². The average molecular weight is 414 g/mol. The van der Waals surface area contributed by atoms with Crippen molar-refractivity contribution in [3.8, 4) is 0 Å². The number of anilines is 1. The van der Waals surface area contributed by atoms with Crippen molar-refractivity contribution in [1.82, 2.24) is 0 Å². The van der Waals surface area contributed by atoms with E-state index < -0.39 is 15.7 Å². The van der Waals surface area contributed by atoms with Crippen LogP contribution in [0.25, 0.3) is 10.9 Å². The molecule has 6 nitrogen and oxygen atoms in total. The monoisotopic (exact) mass is 414 g/mol. The molecule has 0 aliphatic carbocycles. The van der Waals surface area contributed by atoms with Crippen LogP contribution in [0, 0.1) is 11.7 Å². The summed E-state index contributed by atoms with van der Waals surface area (Å²) in [5.41, 5.74) is 6.51. The lowest BCUT2D eigenvalue weighted by atomic mass is 9.95. The molecule has 8 heteroatoms. The largest absolute Gasteiger partial charge is 0.370 e. The number of sulfone groups is 1. The summed E-state index contributed by atoms with van der Waals surface area (Å²) in [4.78, 5) is 16.7. The number of hydrogen-bond donors (Lipinski definition) is 1. The fourth-order valence-electron chi connectivity index (χ4n) is 3.83. The molecule has 3 N–H and O–H groups in total. The molecule has 1 aromatic heterocycles. The van der Waals surface area contributed by atoms with E-state index in [0.717, 1.165) is 0 Å². The average Bonchev–Trinajstić information content (AvgIpc) is 2.73. The highest BCUT2D eigenvalue weighted by Gasteiger charge is 2.32. The van der Waals surface area contributed by atoms with Gasteiger partial charge in [-0.15, -0.1) is 0 Å². The first-order valence-electron chi connectivity index (χ1n) is 9.36. The highest BCUT2D eigenvalue weighted by molar-refractivity contribution is 7.91. The van der Waals surface area contributed by atoms with E-state index in [4.69, 9.17) is 5.73 Å². The number of nitrogens with zero attached hydrogens (tertiary/aromatic N) is 1. The minimum atomic E-state index is -3.84. The highest BCUT2D eigenvalue weighted by atomic mass is 32.2. The third-order valence-corrected chi connectivity index (χ3v) is 7.17. The van der Waals surface area contributed by atoms with E-state index in [1.54, 1.807) is 24.3 Å². The van der Waals surface area contributed by atoms with Gasteiger partial charge in [-0.3, -0.25) is 4.79 Å². The second kappa shape index (κ2) is 7.44. The van der Waals surface area contributed by atoms with Crippen molar-refractivity contribution < 1.29 is 22.6 Å². The number of fused-ring (bicyclic) bond motifs is 1. The van der Waals surface area contributed by atoms with Crippen molar-refractivity contribution in [2.24, 2.45) is 11.7 Å². The topological polar surface area (TPSA) is 94.6 Å². The number of pyridine rings is 1. The Morgan fingerprint density at radius 1 is 1.10 bits per heavy atom. The van der Waals surface area contributed by atoms with E-state index >= 15 is 0 Å². The maximum Gasteiger partial charge on any atom is 0.220 e. The Labute approximate surface area is 168 Å². The van der Waals surface area contributed by atoms with Crippen molar-refractivity contribution in [2.45, 2.75) is 22.6 Å². The molecule has 0 saturated carbocycles. The Balaban J connectivity index is 1.90. The maximum absolute atomic E-state index is 14.1. The first-order valence-corrected chi connectivity index (χ1v) is 10.8. The van der Waals surface area contributed by atoms with Crippen LogP contribution in [0.2, 0.25) is 0 Å². The number of nitrogens with two attached hydrogens (primary N) is 1. The zero-order valence-corrected chi connectivity index (χ0v) is 16.5. The lowest BCUT2D eigenvalue weighted by molar-refractivity contribution is -0.347. The number of H-pyrrole nitrogens is 1. The molecule has 1 fully saturated rings. The van der Waals surface area contributed by atoms with Crippen molar-refractivity contribution >= 4 is 32.3 Å². The summed E-state index contributed by atoms with van der Waals surface area (Å²) in [6, 6.07) is 12.4. The van der Waals surface area contributed by atoms with Gasteiger partial charge in [-0.05, 0) is 37.1 Å². The summed E-state index contributed by atoms with van der Waals surface area (Å²) < 4.78 is 40.8. The smallest absolute Gasteiger partial charge is 0.220 e. The molecule has 1 saturated heterocycles. The van der Waals surface area contributed by atoms with Crippen LogP contribution in [0.3, 0.4) is 0 Å². The van der Waals surface area contributed by atoms with Crippen LogP contribution in [0.4, 0.5) is 10.1 Å². The predicted molar refractivity (Wildman–Crippen MR) is 106 cm³/mol. The summed E-state index contributed by atoms with van der Waals surface area (Å²) in [6.45, 7) is 0.918. The minimum absolute atomic E-state index is 0.0827. The Morgan fingerprint density at radius 3 is 2.45 bits per heavy atom. The summed E-state index contributed by atoms with van der Waals surface area (Å²) in [5.74, 6) is -1.04. The molecule has 4 rings (SSSR count). The van der Waals surface area contributed by atoms with Gasteiger partial charge in [0.15, 0.2) is 11.1 Å². The number of benzene rings is 2. The first-order chi connectivity index (χ1) is 13.9. The number of nitrogens with one attached hydrogen (secondary N) is 1. The number of carbonyl (C=O) groups excluding carboxylic acids is 1. The zero-order chi connectivity index (χ0) is 20.6. The second-order valence-corrected chi connectivity index (χ2v) is 9.09. The predicted octanol–water partition coefficient (Wildman–Crippen LogP) is 2.33. The van der Waals surface area contributed by atoms with Gasteiger partial charge in [-0.2, -0.15) is 0 Å². The van der Waals surface area contributed by atoms with Gasteiger partial charge in [-0.25, -0.2) is 17.8 Å². The van der Waals surface area contributed by atoms with E-state index in [0.29, 0.717) is 42.5 Å². The number of amides is 1. The third kappa shape index (κ3) is 3.55. The third-order valence-electron chi connectivity index (χ3n) is 5.39. The number of halogens is 1. The number of rotatable bonds is 4. The minimum Gasteiger partial charge on any atom is -0.370 e. The van der Waals surface area contributed by atoms with E-state index in [9.17, 15) is 17.6 Å². The van der Waals surface area contributed by atoms with Gasteiger partial charge in [-0.1, -0.05) is 18.2 Å². The Bertz CT molecular complexity index is 1170. The van der Waals surface area contributed by atoms with Crippen LogP contribution in [-0.4, -0.2) is 27.4 Å². The van der Waals surface area contributed by atoms with Gasteiger partial charge in [0.1, 0.15) is 5.82 Å². The number of hydrogen-bond acceptors (Lipinski definition) is 4. The van der Waals surface area contributed by atoms with E-state index in [2.05, 4.69) is 4.98 Å². The normalized spacial score (nSPS) is 15.6. The standard InChI is InChI=1S/C21H20FN3O3S/c22-15-6-7-18-17(12-15)20(25-10-8-14(9-11-25)21(23)26)19(13-24-18)29(27,28)16-4-2-1-3-5-16/h1-7,12-14H,8-11H2,(H2,23,26)/p+1. The molecule has 3 aromatic rings. The lowest BCUT2D eigenvalue weighted by Gasteiger charge is -2.33. The molecule has 0 bridgehead atoms. The molecule has 1 aliphatic rings. The van der Waals surface area contributed by atoms with Gasteiger partial charge >= 0.3 is 0 Å². The zero-order valence-electron chi connectivity index (χ0n) is 15.6. The van der Waals surface area contributed by atoms with Crippen LogP contribution >= 0.6 is 0 Å². The Kier molecular flexibility index (Phi) is 4.96. The molecule has 0 unspecified atom stereocenters. The van der Waals surface area contributed by atoms with Crippen LogP contribution < -0.4 is 15.6 Å². The van der Waals surface area contributed by atoms with Crippen molar-refractivity contribution in [3.05, 3.63) is 60.5 Å². The molecule has 0 radical (unpaired) electrons. The SMILES string of the molecule is NC(=O)C1CCN(c2c(S(=O)(=O)c3ccccc3)c[nH+]c3ccc(F)cc23)CC1. The highest BCUT2D eigenvalue weighted by Crippen LogP contribution is 2.36. The van der Waals surface area contributed by atoms with Gasteiger partial charge in [0.05, 0.1) is 16.0 Å². The number of aromatic amines is 1. The first kappa shape index (κ1) is 19.3. The maximum atomic E-state index is 14.1.